The third kappa shape index (κ3) is 4.00. The number of hydrogen-bond acceptors (Lipinski definition) is 2. The number of rotatable bonds is 4. The second-order valence-corrected chi connectivity index (χ2v) is 5.13. The Morgan fingerprint density at radius 1 is 1.47 bits per heavy atom. The van der Waals surface area contributed by atoms with Crippen molar-refractivity contribution < 1.29 is 4.79 Å². The average Bonchev–Trinajstić information content (AvgIpc) is 2.25. The second-order valence-electron chi connectivity index (χ2n) is 4.38. The number of pyridine rings is 1. The first-order valence-corrected chi connectivity index (χ1v) is 6.19. The minimum absolute atomic E-state index is 0.00677. The van der Waals surface area contributed by atoms with Crippen molar-refractivity contribution in [1.29, 1.82) is 0 Å². The number of carbonyl (C=O) groups is 1. The summed E-state index contributed by atoms with van der Waals surface area (Å²) >= 11 is 5.87. The van der Waals surface area contributed by atoms with Crippen molar-refractivity contribution in [3.8, 4) is 0 Å². The van der Waals surface area contributed by atoms with E-state index in [1.165, 1.54) is 0 Å². The Kier molecular flexibility index (Phi) is 4.94. The summed E-state index contributed by atoms with van der Waals surface area (Å²) in [6.45, 7) is 6.37. The van der Waals surface area contributed by atoms with E-state index in [1.807, 2.05) is 32.9 Å². The van der Waals surface area contributed by atoms with Crippen molar-refractivity contribution in [2.24, 2.45) is 0 Å². The molecule has 1 atom stereocenters. The van der Waals surface area contributed by atoms with E-state index in [2.05, 4.69) is 4.98 Å². The molecule has 0 N–H and O–H groups in total. The highest BCUT2D eigenvalue weighted by molar-refractivity contribution is 6.20. The predicted octanol–water partition coefficient (Wildman–Crippen LogP) is 2.79. The molecule has 0 fully saturated rings. The minimum atomic E-state index is 0.00677. The molecular weight excluding hydrogens is 236 g/mol. The van der Waals surface area contributed by atoms with E-state index in [9.17, 15) is 4.79 Å². The minimum Gasteiger partial charge on any atom is -0.342 e. The molecule has 4 heteroatoms. The Bertz CT molecular complexity index is 404. The van der Waals surface area contributed by atoms with Crippen LogP contribution >= 0.6 is 11.6 Å². The van der Waals surface area contributed by atoms with Crippen molar-refractivity contribution in [3.05, 3.63) is 29.1 Å². The van der Waals surface area contributed by atoms with Gasteiger partial charge in [0.15, 0.2) is 0 Å². The van der Waals surface area contributed by atoms with Gasteiger partial charge in [-0.2, -0.15) is 0 Å². The molecule has 0 aromatic carbocycles. The monoisotopic (exact) mass is 254 g/mol. The zero-order chi connectivity index (χ0) is 13.0. The maximum absolute atomic E-state index is 12.1. The first-order valence-electron chi connectivity index (χ1n) is 5.75. The van der Waals surface area contributed by atoms with Crippen LogP contribution in [0.1, 0.15) is 35.1 Å². The molecular formula is C13H19ClN2O. The van der Waals surface area contributed by atoms with Crippen LogP contribution in [0.2, 0.25) is 0 Å². The van der Waals surface area contributed by atoms with Gasteiger partial charge in [0.25, 0.3) is 5.91 Å². The van der Waals surface area contributed by atoms with Crippen molar-refractivity contribution in [1.82, 2.24) is 9.88 Å². The highest BCUT2D eigenvalue weighted by Crippen LogP contribution is 2.10. The Morgan fingerprint density at radius 3 is 2.65 bits per heavy atom. The number of aromatic nitrogens is 1. The van der Waals surface area contributed by atoms with Gasteiger partial charge in [-0.3, -0.25) is 9.78 Å². The summed E-state index contributed by atoms with van der Waals surface area (Å²) in [5, 5.41) is 0.0856. The van der Waals surface area contributed by atoms with Crippen LogP contribution in [0, 0.1) is 13.8 Å². The van der Waals surface area contributed by atoms with Gasteiger partial charge in [0.1, 0.15) is 0 Å². The van der Waals surface area contributed by atoms with Gasteiger partial charge in [-0.25, -0.2) is 0 Å². The number of amides is 1. The number of halogens is 1. The SMILES string of the molecule is Cc1ccc(C(=O)N(C)CCC(C)Cl)c(C)n1. The molecule has 94 valence electrons. The van der Waals surface area contributed by atoms with Gasteiger partial charge < -0.3 is 4.90 Å². The summed E-state index contributed by atoms with van der Waals surface area (Å²) in [6, 6.07) is 3.69. The molecule has 1 aromatic rings. The number of carbonyl (C=O) groups excluding carboxylic acids is 1. The third-order valence-electron chi connectivity index (χ3n) is 2.66. The van der Waals surface area contributed by atoms with Gasteiger partial charge >= 0.3 is 0 Å². The summed E-state index contributed by atoms with van der Waals surface area (Å²) in [4.78, 5) is 18.1. The molecule has 1 heterocycles. The highest BCUT2D eigenvalue weighted by atomic mass is 35.5. The Balaban J connectivity index is 2.75. The van der Waals surface area contributed by atoms with Crippen molar-refractivity contribution in [3.63, 3.8) is 0 Å². The molecule has 1 amide bonds. The fourth-order valence-corrected chi connectivity index (χ4v) is 1.69. The zero-order valence-corrected chi connectivity index (χ0v) is 11.6. The average molecular weight is 255 g/mol. The smallest absolute Gasteiger partial charge is 0.255 e. The first kappa shape index (κ1) is 14.0. The topological polar surface area (TPSA) is 33.2 Å². The van der Waals surface area contributed by atoms with E-state index in [0.717, 1.165) is 17.8 Å². The third-order valence-corrected chi connectivity index (χ3v) is 2.88. The molecule has 1 aromatic heterocycles. The zero-order valence-electron chi connectivity index (χ0n) is 10.8. The largest absolute Gasteiger partial charge is 0.342 e. The number of alkyl halides is 1. The second kappa shape index (κ2) is 6.01. The van der Waals surface area contributed by atoms with E-state index in [1.54, 1.807) is 11.9 Å². The molecule has 1 rings (SSSR count). The van der Waals surface area contributed by atoms with E-state index >= 15 is 0 Å². The predicted molar refractivity (Wildman–Crippen MR) is 70.6 cm³/mol. The van der Waals surface area contributed by atoms with Crippen LogP contribution in [-0.2, 0) is 0 Å². The summed E-state index contributed by atoms with van der Waals surface area (Å²) in [5.74, 6) is 0.00677. The summed E-state index contributed by atoms with van der Waals surface area (Å²) in [5.41, 5.74) is 2.37. The Morgan fingerprint density at radius 2 is 2.12 bits per heavy atom. The van der Waals surface area contributed by atoms with Gasteiger partial charge in [0.2, 0.25) is 0 Å². The summed E-state index contributed by atoms with van der Waals surface area (Å²) in [7, 11) is 1.79. The van der Waals surface area contributed by atoms with E-state index in [0.29, 0.717) is 12.1 Å². The van der Waals surface area contributed by atoms with Crippen LogP contribution in [-0.4, -0.2) is 34.8 Å². The lowest BCUT2D eigenvalue weighted by atomic mass is 10.1. The lowest BCUT2D eigenvalue weighted by molar-refractivity contribution is 0.0792. The van der Waals surface area contributed by atoms with Gasteiger partial charge in [-0.1, -0.05) is 0 Å². The van der Waals surface area contributed by atoms with E-state index in [-0.39, 0.29) is 11.3 Å². The molecule has 0 aliphatic heterocycles. The van der Waals surface area contributed by atoms with Gasteiger partial charge in [-0.05, 0) is 39.3 Å². The standard InChI is InChI=1S/C13H19ClN2O/c1-9(14)7-8-16(4)13(17)12-6-5-10(2)15-11(12)3/h5-6,9H,7-8H2,1-4H3. The Labute approximate surface area is 108 Å². The van der Waals surface area contributed by atoms with Crippen molar-refractivity contribution in [2.45, 2.75) is 32.6 Å². The lowest BCUT2D eigenvalue weighted by Gasteiger charge is -2.18. The van der Waals surface area contributed by atoms with E-state index in [4.69, 9.17) is 11.6 Å². The van der Waals surface area contributed by atoms with Crippen molar-refractivity contribution in [2.75, 3.05) is 13.6 Å². The summed E-state index contributed by atoms with van der Waals surface area (Å²) < 4.78 is 0. The number of aryl methyl sites for hydroxylation is 2. The Hall–Kier alpha value is -1.09. The van der Waals surface area contributed by atoms with Gasteiger partial charge in [-0.15, -0.1) is 11.6 Å². The number of hydrogen-bond donors (Lipinski definition) is 0. The fraction of sp³-hybridized carbons (Fsp3) is 0.538. The van der Waals surface area contributed by atoms with E-state index < -0.39 is 0 Å². The van der Waals surface area contributed by atoms with Crippen molar-refractivity contribution >= 4 is 17.5 Å². The number of nitrogens with zero attached hydrogens (tertiary/aromatic N) is 2. The lowest BCUT2D eigenvalue weighted by Crippen LogP contribution is -2.29. The molecule has 17 heavy (non-hydrogen) atoms. The van der Waals surface area contributed by atoms with Crippen LogP contribution in [0.15, 0.2) is 12.1 Å². The molecule has 3 nitrogen and oxygen atoms in total. The maximum atomic E-state index is 12.1. The molecule has 0 bridgehead atoms. The molecule has 0 saturated carbocycles. The van der Waals surface area contributed by atoms with Crippen LogP contribution in [0.5, 0.6) is 0 Å². The quantitative estimate of drug-likeness (QED) is 0.774. The van der Waals surface area contributed by atoms with Crippen LogP contribution < -0.4 is 0 Å². The fourth-order valence-electron chi connectivity index (χ4n) is 1.59. The molecule has 0 aliphatic rings. The molecule has 1 unspecified atom stereocenters. The van der Waals surface area contributed by atoms with Gasteiger partial charge in [0.05, 0.1) is 11.3 Å². The molecule has 0 aliphatic carbocycles. The van der Waals surface area contributed by atoms with Gasteiger partial charge in [0, 0.05) is 24.7 Å². The summed E-state index contributed by atoms with van der Waals surface area (Å²) in [6.07, 6.45) is 0.794. The first-order chi connectivity index (χ1) is 7.91. The molecule has 0 radical (unpaired) electrons. The maximum Gasteiger partial charge on any atom is 0.255 e. The van der Waals surface area contributed by atoms with Crippen LogP contribution in [0.4, 0.5) is 0 Å². The molecule has 0 saturated heterocycles. The van der Waals surface area contributed by atoms with Crippen LogP contribution in [0.25, 0.3) is 0 Å². The van der Waals surface area contributed by atoms with Crippen LogP contribution in [0.3, 0.4) is 0 Å². The normalized spacial score (nSPS) is 12.3. The highest BCUT2D eigenvalue weighted by Gasteiger charge is 2.15. The molecule has 0 spiro atoms.